The maximum atomic E-state index is 12.9. The second-order valence-electron chi connectivity index (χ2n) is 6.76. The molecule has 0 saturated carbocycles. The van der Waals surface area contributed by atoms with Crippen molar-refractivity contribution in [2.75, 3.05) is 18.1 Å². The lowest BCUT2D eigenvalue weighted by Gasteiger charge is -2.24. The van der Waals surface area contributed by atoms with Gasteiger partial charge in [-0.15, -0.1) is 0 Å². The molecule has 3 heteroatoms. The van der Waals surface area contributed by atoms with E-state index in [2.05, 4.69) is 58.7 Å². The zero-order valence-corrected chi connectivity index (χ0v) is 16.7. The monoisotopic (exact) mass is 335 g/mol. The van der Waals surface area contributed by atoms with Crippen LogP contribution >= 0.6 is 7.92 Å². The summed E-state index contributed by atoms with van der Waals surface area (Å²) in [5.41, 5.74) is 4.78. The van der Waals surface area contributed by atoms with Crippen LogP contribution in [0.4, 0.5) is 5.69 Å². The Morgan fingerprint density at radius 2 is 1.70 bits per heavy atom. The molecule has 1 aromatic carbocycles. The van der Waals surface area contributed by atoms with E-state index in [1.165, 1.54) is 31.0 Å². The van der Waals surface area contributed by atoms with Gasteiger partial charge >= 0.3 is 0 Å². The Bertz CT molecular complexity index is 489. The lowest BCUT2D eigenvalue weighted by Crippen LogP contribution is -2.27. The molecular weight excluding hydrogens is 301 g/mol. The molecule has 0 saturated heterocycles. The van der Waals surface area contributed by atoms with Crippen molar-refractivity contribution in [2.45, 2.75) is 72.4 Å². The summed E-state index contributed by atoms with van der Waals surface area (Å²) >= 11 is 0. The van der Waals surface area contributed by atoms with Crippen LogP contribution in [0.25, 0.3) is 0 Å². The predicted octanol–water partition coefficient (Wildman–Crippen LogP) is 6.02. The molecule has 2 atom stereocenters. The normalized spacial score (nSPS) is 13.7. The summed E-state index contributed by atoms with van der Waals surface area (Å²) < 4.78 is 0. The highest BCUT2D eigenvalue weighted by atomic mass is 31.1. The van der Waals surface area contributed by atoms with Crippen molar-refractivity contribution in [3.05, 3.63) is 28.8 Å². The summed E-state index contributed by atoms with van der Waals surface area (Å²) in [4.78, 5) is 12.9. The number of unbranched alkanes of at least 4 members (excludes halogenated alkanes) is 2. The van der Waals surface area contributed by atoms with Gasteiger partial charge in [0.05, 0.1) is 5.66 Å². The molecule has 0 aromatic heterocycles. The molecule has 1 rings (SSSR count). The Hall–Kier alpha value is -0.880. The maximum absolute atomic E-state index is 12.9. The summed E-state index contributed by atoms with van der Waals surface area (Å²) in [5, 5.41) is 3.24. The molecule has 0 heterocycles. The minimum atomic E-state index is -0.235. The van der Waals surface area contributed by atoms with E-state index < -0.39 is 0 Å². The summed E-state index contributed by atoms with van der Waals surface area (Å²) in [6.45, 7) is 13.0. The zero-order valence-electron chi connectivity index (χ0n) is 15.8. The van der Waals surface area contributed by atoms with Gasteiger partial charge in [0.1, 0.15) is 0 Å². The molecule has 0 bridgehead atoms. The molecule has 23 heavy (non-hydrogen) atoms. The molecule has 130 valence electrons. The van der Waals surface area contributed by atoms with E-state index in [1.54, 1.807) is 0 Å². The summed E-state index contributed by atoms with van der Waals surface area (Å²) in [5.74, 6) is 0.229. The average Bonchev–Trinajstić information content (AvgIpc) is 2.48. The molecule has 0 aliphatic carbocycles. The van der Waals surface area contributed by atoms with Crippen LogP contribution in [0.3, 0.4) is 0 Å². The number of nitrogens with one attached hydrogen (secondary N) is 1. The van der Waals surface area contributed by atoms with E-state index in [1.807, 2.05) is 0 Å². The Balaban J connectivity index is 2.82. The van der Waals surface area contributed by atoms with Crippen molar-refractivity contribution in [3.8, 4) is 0 Å². The fourth-order valence-corrected chi connectivity index (χ4v) is 5.37. The number of carbonyl (C=O) groups excluding carboxylic acids is 1. The molecule has 2 unspecified atom stereocenters. The number of anilines is 1. The van der Waals surface area contributed by atoms with E-state index in [-0.39, 0.29) is 19.5 Å². The first-order valence-corrected chi connectivity index (χ1v) is 11.0. The predicted molar refractivity (Wildman–Crippen MR) is 105 cm³/mol. The lowest BCUT2D eigenvalue weighted by molar-refractivity contribution is -0.115. The third-order valence-electron chi connectivity index (χ3n) is 4.44. The molecule has 1 aromatic rings. The van der Waals surface area contributed by atoms with E-state index in [9.17, 15) is 4.79 Å². The first-order valence-electron chi connectivity index (χ1n) is 8.99. The number of hydrogen-bond donors (Lipinski definition) is 1. The molecule has 0 aliphatic rings. The number of carbonyl (C=O) groups is 1. The van der Waals surface area contributed by atoms with Crippen molar-refractivity contribution < 1.29 is 4.79 Å². The van der Waals surface area contributed by atoms with Gasteiger partial charge < -0.3 is 5.32 Å². The fraction of sp³-hybridized carbons (Fsp3) is 0.650. The summed E-state index contributed by atoms with van der Waals surface area (Å²) in [6.07, 6.45) is 7.08. The topological polar surface area (TPSA) is 29.1 Å². The molecule has 1 amide bonds. The van der Waals surface area contributed by atoms with Crippen molar-refractivity contribution >= 4 is 19.5 Å². The summed E-state index contributed by atoms with van der Waals surface area (Å²) in [6, 6.07) is 4.29. The third kappa shape index (κ3) is 6.26. The van der Waals surface area contributed by atoms with Gasteiger partial charge in [0.15, 0.2) is 0 Å². The van der Waals surface area contributed by atoms with Crippen LogP contribution in [0.1, 0.15) is 62.6 Å². The van der Waals surface area contributed by atoms with E-state index in [0.29, 0.717) is 0 Å². The van der Waals surface area contributed by atoms with Crippen molar-refractivity contribution in [1.29, 1.82) is 0 Å². The molecule has 0 spiro atoms. The van der Waals surface area contributed by atoms with Crippen LogP contribution in [-0.4, -0.2) is 24.4 Å². The first kappa shape index (κ1) is 20.2. The van der Waals surface area contributed by atoms with E-state index >= 15 is 0 Å². The highest BCUT2D eigenvalue weighted by Gasteiger charge is 2.24. The van der Waals surface area contributed by atoms with Gasteiger partial charge in [-0.1, -0.05) is 58.7 Å². The number of hydrogen-bond acceptors (Lipinski definition) is 1. The molecule has 0 fully saturated rings. The van der Waals surface area contributed by atoms with E-state index in [0.717, 1.165) is 29.7 Å². The first-order chi connectivity index (χ1) is 10.9. The highest BCUT2D eigenvalue weighted by Crippen LogP contribution is 2.41. The van der Waals surface area contributed by atoms with Crippen LogP contribution in [0.2, 0.25) is 0 Å². The molecule has 0 aliphatic heterocycles. The number of rotatable bonds is 9. The zero-order chi connectivity index (χ0) is 17.4. The van der Waals surface area contributed by atoms with Gasteiger partial charge in [-0.2, -0.15) is 0 Å². The average molecular weight is 335 g/mol. The maximum Gasteiger partial charge on any atom is 0.231 e. The number of benzene rings is 1. The standard InChI is InChI=1S/C20H34NOP/c1-7-9-10-12-23(6)18(11-8-2)20(22)21-19-16(4)13-15(3)14-17(19)5/h13-14,18H,7-12H2,1-6H3,(H,21,22). The minimum absolute atomic E-state index is 0.187. The van der Waals surface area contributed by atoms with E-state index in [4.69, 9.17) is 0 Å². The molecule has 2 nitrogen and oxygen atoms in total. The highest BCUT2D eigenvalue weighted by molar-refractivity contribution is 7.58. The third-order valence-corrected chi connectivity index (χ3v) is 7.01. The van der Waals surface area contributed by atoms with Gasteiger partial charge in [-0.25, -0.2) is 0 Å². The Morgan fingerprint density at radius 1 is 1.09 bits per heavy atom. The minimum Gasteiger partial charge on any atom is -0.325 e. The second kappa shape index (κ2) is 10.1. The number of amides is 1. The Kier molecular flexibility index (Phi) is 8.84. The van der Waals surface area contributed by atoms with Crippen molar-refractivity contribution in [1.82, 2.24) is 0 Å². The Labute approximate surface area is 144 Å². The fourth-order valence-electron chi connectivity index (χ4n) is 3.18. The van der Waals surface area contributed by atoms with Crippen LogP contribution in [0, 0.1) is 20.8 Å². The van der Waals surface area contributed by atoms with Crippen LogP contribution < -0.4 is 5.32 Å². The van der Waals surface area contributed by atoms with Crippen molar-refractivity contribution in [2.24, 2.45) is 0 Å². The summed E-state index contributed by atoms with van der Waals surface area (Å²) in [7, 11) is -0.235. The molecular formula is C20H34NOP. The van der Waals surface area contributed by atoms with Gasteiger partial charge in [0.2, 0.25) is 5.91 Å². The Morgan fingerprint density at radius 3 is 2.22 bits per heavy atom. The molecule has 1 N–H and O–H groups in total. The molecule has 0 radical (unpaired) electrons. The van der Waals surface area contributed by atoms with Crippen LogP contribution in [-0.2, 0) is 4.79 Å². The smallest absolute Gasteiger partial charge is 0.231 e. The van der Waals surface area contributed by atoms with Gasteiger partial charge in [-0.3, -0.25) is 4.79 Å². The lowest BCUT2D eigenvalue weighted by atomic mass is 10.0. The van der Waals surface area contributed by atoms with Gasteiger partial charge in [0.25, 0.3) is 0 Å². The van der Waals surface area contributed by atoms with Crippen LogP contribution in [0.5, 0.6) is 0 Å². The van der Waals surface area contributed by atoms with Crippen LogP contribution in [0.15, 0.2) is 12.1 Å². The van der Waals surface area contributed by atoms with Crippen molar-refractivity contribution in [3.63, 3.8) is 0 Å². The number of aryl methyl sites for hydroxylation is 3. The SMILES string of the molecule is CCCCCP(C)C(CCC)C(=O)Nc1c(C)cc(C)cc1C. The largest absolute Gasteiger partial charge is 0.325 e. The van der Waals surface area contributed by atoms with Gasteiger partial charge in [-0.05, 0) is 57.6 Å². The quantitative estimate of drug-likeness (QED) is 0.434. The second-order valence-corrected chi connectivity index (χ2v) is 9.34. The van der Waals surface area contributed by atoms with Gasteiger partial charge in [0, 0.05) is 5.69 Å².